The first kappa shape index (κ1) is 9.77. The summed E-state index contributed by atoms with van der Waals surface area (Å²) in [5, 5.41) is 0. The Bertz CT molecular complexity index is 498. The second kappa shape index (κ2) is 3.42. The highest BCUT2D eigenvalue weighted by Crippen LogP contribution is 2.28. The lowest BCUT2D eigenvalue weighted by molar-refractivity contribution is 0.925. The monoisotopic (exact) mass is 201 g/mol. The van der Waals surface area contributed by atoms with E-state index >= 15 is 0 Å². The highest BCUT2D eigenvalue weighted by molar-refractivity contribution is 5.73. The van der Waals surface area contributed by atoms with E-state index in [1.54, 1.807) is 6.33 Å². The Kier molecular flexibility index (Phi) is 2.23. The van der Waals surface area contributed by atoms with Crippen molar-refractivity contribution in [3.8, 4) is 11.3 Å². The maximum atomic E-state index is 5.95. The first-order valence-corrected chi connectivity index (χ1v) is 4.94. The molecule has 0 atom stereocenters. The lowest BCUT2D eigenvalue weighted by Gasteiger charge is -2.07. The number of anilines is 1. The van der Waals surface area contributed by atoms with Crippen molar-refractivity contribution in [2.45, 2.75) is 13.8 Å². The molecule has 1 aromatic carbocycles. The van der Waals surface area contributed by atoms with Crippen molar-refractivity contribution >= 4 is 5.82 Å². The third-order valence-corrected chi connectivity index (χ3v) is 2.84. The summed E-state index contributed by atoms with van der Waals surface area (Å²) in [4.78, 5) is 4.33. The number of aryl methyl sites for hydroxylation is 2. The van der Waals surface area contributed by atoms with Crippen LogP contribution in [0.15, 0.2) is 24.5 Å². The van der Waals surface area contributed by atoms with Crippen molar-refractivity contribution in [3.05, 3.63) is 35.7 Å². The number of nitrogen functional groups attached to an aromatic ring is 1. The van der Waals surface area contributed by atoms with Crippen LogP contribution in [0, 0.1) is 13.8 Å². The van der Waals surface area contributed by atoms with Crippen LogP contribution in [-0.4, -0.2) is 9.55 Å². The summed E-state index contributed by atoms with van der Waals surface area (Å²) in [6.07, 6.45) is 1.74. The molecule has 0 spiro atoms. The third-order valence-electron chi connectivity index (χ3n) is 2.84. The lowest BCUT2D eigenvalue weighted by atomic mass is 10.0. The van der Waals surface area contributed by atoms with Gasteiger partial charge in [0.25, 0.3) is 0 Å². The zero-order chi connectivity index (χ0) is 11.0. The Morgan fingerprint density at radius 3 is 2.60 bits per heavy atom. The molecule has 0 unspecified atom stereocenters. The SMILES string of the molecule is Cc1cccc(-c2ncn(C)c2N)c1C. The van der Waals surface area contributed by atoms with Gasteiger partial charge in [-0.2, -0.15) is 0 Å². The summed E-state index contributed by atoms with van der Waals surface area (Å²) in [7, 11) is 1.90. The van der Waals surface area contributed by atoms with Crippen LogP contribution in [0.4, 0.5) is 5.82 Å². The van der Waals surface area contributed by atoms with Crippen molar-refractivity contribution in [1.29, 1.82) is 0 Å². The summed E-state index contributed by atoms with van der Waals surface area (Å²) in [6, 6.07) is 6.19. The van der Waals surface area contributed by atoms with E-state index in [-0.39, 0.29) is 0 Å². The molecule has 0 amide bonds. The van der Waals surface area contributed by atoms with E-state index in [9.17, 15) is 0 Å². The smallest absolute Gasteiger partial charge is 0.131 e. The Morgan fingerprint density at radius 1 is 1.27 bits per heavy atom. The minimum absolute atomic E-state index is 0.712. The molecule has 3 heteroatoms. The Labute approximate surface area is 89.6 Å². The zero-order valence-electron chi connectivity index (χ0n) is 9.28. The molecule has 2 rings (SSSR count). The standard InChI is InChI=1S/C12H15N3/c1-8-5-4-6-10(9(8)2)11-12(13)15(3)7-14-11/h4-7H,13H2,1-3H3. The van der Waals surface area contributed by atoms with Gasteiger partial charge in [0.05, 0.1) is 6.33 Å². The third kappa shape index (κ3) is 1.50. The van der Waals surface area contributed by atoms with Gasteiger partial charge < -0.3 is 10.3 Å². The topological polar surface area (TPSA) is 43.8 Å². The first-order valence-electron chi connectivity index (χ1n) is 4.94. The average molecular weight is 201 g/mol. The van der Waals surface area contributed by atoms with Gasteiger partial charge in [-0.05, 0) is 25.0 Å². The predicted molar refractivity (Wildman–Crippen MR) is 62.5 cm³/mol. The average Bonchev–Trinajstić information content (AvgIpc) is 2.53. The van der Waals surface area contributed by atoms with Gasteiger partial charge in [-0.25, -0.2) is 4.98 Å². The van der Waals surface area contributed by atoms with E-state index in [4.69, 9.17) is 5.73 Å². The summed E-state index contributed by atoms with van der Waals surface area (Å²) in [5.74, 6) is 0.712. The zero-order valence-corrected chi connectivity index (χ0v) is 9.28. The van der Waals surface area contributed by atoms with Crippen LogP contribution in [0.25, 0.3) is 11.3 Å². The molecule has 78 valence electrons. The summed E-state index contributed by atoms with van der Waals surface area (Å²) < 4.78 is 1.83. The lowest BCUT2D eigenvalue weighted by Crippen LogP contribution is -1.97. The number of aromatic nitrogens is 2. The van der Waals surface area contributed by atoms with E-state index in [0.717, 1.165) is 11.3 Å². The van der Waals surface area contributed by atoms with Crippen LogP contribution in [0.2, 0.25) is 0 Å². The fraction of sp³-hybridized carbons (Fsp3) is 0.250. The molecule has 0 radical (unpaired) electrons. The number of hydrogen-bond donors (Lipinski definition) is 1. The fourth-order valence-corrected chi connectivity index (χ4v) is 1.65. The molecule has 2 N–H and O–H groups in total. The molecule has 0 aliphatic rings. The number of benzene rings is 1. The van der Waals surface area contributed by atoms with E-state index in [1.807, 2.05) is 17.7 Å². The van der Waals surface area contributed by atoms with Gasteiger partial charge in [0.15, 0.2) is 0 Å². The van der Waals surface area contributed by atoms with Crippen molar-refractivity contribution in [2.75, 3.05) is 5.73 Å². The van der Waals surface area contributed by atoms with E-state index in [2.05, 4.69) is 31.0 Å². The predicted octanol–water partition coefficient (Wildman–Crippen LogP) is 2.29. The molecule has 0 fully saturated rings. The maximum Gasteiger partial charge on any atom is 0.131 e. The molecule has 0 saturated carbocycles. The second-order valence-corrected chi connectivity index (χ2v) is 3.84. The number of hydrogen-bond acceptors (Lipinski definition) is 2. The highest BCUT2D eigenvalue weighted by Gasteiger charge is 2.10. The second-order valence-electron chi connectivity index (χ2n) is 3.84. The quantitative estimate of drug-likeness (QED) is 0.769. The normalized spacial score (nSPS) is 10.6. The van der Waals surface area contributed by atoms with Gasteiger partial charge >= 0.3 is 0 Å². The Morgan fingerprint density at radius 2 is 2.00 bits per heavy atom. The van der Waals surface area contributed by atoms with Crippen LogP contribution < -0.4 is 5.73 Å². The van der Waals surface area contributed by atoms with Gasteiger partial charge in [-0.1, -0.05) is 18.2 Å². The number of nitrogens with two attached hydrogens (primary N) is 1. The molecule has 3 nitrogen and oxygen atoms in total. The molecule has 1 aromatic heterocycles. The number of rotatable bonds is 1. The van der Waals surface area contributed by atoms with E-state index < -0.39 is 0 Å². The molecule has 0 aliphatic carbocycles. The molecular formula is C12H15N3. The molecule has 2 aromatic rings. The van der Waals surface area contributed by atoms with Gasteiger partial charge in [-0.15, -0.1) is 0 Å². The number of nitrogens with zero attached hydrogens (tertiary/aromatic N) is 2. The van der Waals surface area contributed by atoms with Crippen molar-refractivity contribution in [1.82, 2.24) is 9.55 Å². The molecule has 0 saturated heterocycles. The van der Waals surface area contributed by atoms with Crippen LogP contribution >= 0.6 is 0 Å². The van der Waals surface area contributed by atoms with Gasteiger partial charge in [0.2, 0.25) is 0 Å². The summed E-state index contributed by atoms with van der Waals surface area (Å²) in [6.45, 7) is 4.19. The molecular weight excluding hydrogens is 186 g/mol. The summed E-state index contributed by atoms with van der Waals surface area (Å²) in [5.41, 5.74) is 10.4. The molecule has 0 bridgehead atoms. The van der Waals surface area contributed by atoms with Crippen molar-refractivity contribution < 1.29 is 0 Å². The Hall–Kier alpha value is -1.77. The van der Waals surface area contributed by atoms with E-state index in [1.165, 1.54) is 11.1 Å². The maximum absolute atomic E-state index is 5.95. The minimum atomic E-state index is 0.712. The summed E-state index contributed by atoms with van der Waals surface area (Å²) >= 11 is 0. The van der Waals surface area contributed by atoms with Gasteiger partial charge in [0, 0.05) is 12.6 Å². The van der Waals surface area contributed by atoms with Crippen molar-refractivity contribution in [2.24, 2.45) is 7.05 Å². The van der Waals surface area contributed by atoms with Crippen LogP contribution in [0.1, 0.15) is 11.1 Å². The molecule has 15 heavy (non-hydrogen) atoms. The highest BCUT2D eigenvalue weighted by atomic mass is 15.1. The van der Waals surface area contributed by atoms with Gasteiger partial charge in [0.1, 0.15) is 11.5 Å². The number of imidazole rings is 1. The van der Waals surface area contributed by atoms with Crippen LogP contribution in [-0.2, 0) is 7.05 Å². The van der Waals surface area contributed by atoms with Crippen LogP contribution in [0.5, 0.6) is 0 Å². The molecule has 1 heterocycles. The largest absolute Gasteiger partial charge is 0.383 e. The van der Waals surface area contributed by atoms with Crippen LogP contribution in [0.3, 0.4) is 0 Å². The van der Waals surface area contributed by atoms with Gasteiger partial charge in [-0.3, -0.25) is 0 Å². The van der Waals surface area contributed by atoms with E-state index in [0.29, 0.717) is 5.82 Å². The Balaban J connectivity index is 2.64. The first-order chi connectivity index (χ1) is 7.11. The molecule has 0 aliphatic heterocycles. The fourth-order valence-electron chi connectivity index (χ4n) is 1.65. The minimum Gasteiger partial charge on any atom is -0.383 e. The van der Waals surface area contributed by atoms with Crippen molar-refractivity contribution in [3.63, 3.8) is 0 Å².